The number of benzene rings is 1. The molecule has 0 spiro atoms. The molecule has 5 heteroatoms. The van der Waals surface area contributed by atoms with Crippen LogP contribution in [0.3, 0.4) is 0 Å². The average molecular weight is 314 g/mol. The largest absolute Gasteiger partial charge is 1.00 e. The number of unbranched alkanes of at least 4 members (excludes halogenated alkanes) is 6. The molecule has 0 saturated carbocycles. The molecule has 1 aromatic carbocycles. The molecule has 0 fully saturated rings. The van der Waals surface area contributed by atoms with Crippen LogP contribution in [0.15, 0.2) is 24.3 Å². The van der Waals surface area contributed by atoms with Crippen LogP contribution in [0.2, 0.25) is 0 Å². The molecule has 0 radical (unpaired) electrons. The standard InChI is InChI=1S/C17H24O4.Na/c1-2-3-4-5-6-7-8-9-16(18)21-15-12-10-14(11-13-15)17(19)20;/h10-13H,2-9H2,1H3,(H,19,20);/q;+1/p-1. The summed E-state index contributed by atoms with van der Waals surface area (Å²) in [5.41, 5.74) is 0.0712. The van der Waals surface area contributed by atoms with E-state index in [9.17, 15) is 14.7 Å². The number of aromatic carboxylic acids is 1. The fourth-order valence-corrected chi connectivity index (χ4v) is 2.07. The van der Waals surface area contributed by atoms with E-state index in [2.05, 4.69) is 6.92 Å². The minimum atomic E-state index is -1.24. The number of carboxylic acid groups (broad SMARTS) is 1. The van der Waals surface area contributed by atoms with Crippen molar-refractivity contribution in [3.63, 3.8) is 0 Å². The van der Waals surface area contributed by atoms with Crippen LogP contribution >= 0.6 is 0 Å². The summed E-state index contributed by atoms with van der Waals surface area (Å²) in [7, 11) is 0. The summed E-state index contributed by atoms with van der Waals surface area (Å²) in [6, 6.07) is 5.67. The number of hydrogen-bond acceptors (Lipinski definition) is 4. The summed E-state index contributed by atoms with van der Waals surface area (Å²) in [5, 5.41) is 10.6. The third-order valence-corrected chi connectivity index (χ3v) is 3.31. The molecule has 1 rings (SSSR count). The summed E-state index contributed by atoms with van der Waals surface area (Å²) in [6.45, 7) is 2.19. The zero-order valence-electron chi connectivity index (χ0n) is 13.6. The Balaban J connectivity index is 0.00000441. The predicted molar refractivity (Wildman–Crippen MR) is 79.0 cm³/mol. The first-order valence-corrected chi connectivity index (χ1v) is 7.65. The maximum Gasteiger partial charge on any atom is 1.00 e. The Morgan fingerprint density at radius 2 is 1.50 bits per heavy atom. The van der Waals surface area contributed by atoms with Crippen LogP contribution in [-0.4, -0.2) is 11.9 Å². The molecule has 22 heavy (non-hydrogen) atoms. The normalized spacial score (nSPS) is 9.86. The van der Waals surface area contributed by atoms with Gasteiger partial charge >= 0.3 is 35.5 Å². The van der Waals surface area contributed by atoms with Gasteiger partial charge in [0.05, 0.1) is 5.97 Å². The monoisotopic (exact) mass is 314 g/mol. The summed E-state index contributed by atoms with van der Waals surface area (Å²) in [4.78, 5) is 22.2. The summed E-state index contributed by atoms with van der Waals surface area (Å²) in [6.07, 6.45) is 8.46. The molecule has 1 aromatic rings. The van der Waals surface area contributed by atoms with Gasteiger partial charge in [-0.3, -0.25) is 4.79 Å². The van der Waals surface area contributed by atoms with Gasteiger partial charge in [0.2, 0.25) is 0 Å². The van der Waals surface area contributed by atoms with Crippen molar-refractivity contribution in [2.45, 2.75) is 58.3 Å². The molecule has 0 atom stereocenters. The van der Waals surface area contributed by atoms with E-state index in [0.29, 0.717) is 12.2 Å². The van der Waals surface area contributed by atoms with Gasteiger partial charge in [-0.2, -0.15) is 0 Å². The Morgan fingerprint density at radius 1 is 0.955 bits per heavy atom. The second-order valence-corrected chi connectivity index (χ2v) is 5.16. The van der Waals surface area contributed by atoms with E-state index in [1.807, 2.05) is 0 Å². The Kier molecular flexibility index (Phi) is 12.2. The minimum Gasteiger partial charge on any atom is -0.545 e. The molecule has 0 heterocycles. The number of esters is 1. The second-order valence-electron chi connectivity index (χ2n) is 5.16. The first-order chi connectivity index (χ1) is 10.1. The minimum absolute atomic E-state index is 0. The Bertz CT molecular complexity index is 442. The van der Waals surface area contributed by atoms with Crippen molar-refractivity contribution in [2.24, 2.45) is 0 Å². The SMILES string of the molecule is CCCCCCCCCC(=O)Oc1ccc(C(=O)[O-])cc1.[Na+]. The summed E-state index contributed by atoms with van der Waals surface area (Å²) in [5.74, 6) is -1.14. The first kappa shape index (κ1) is 21.2. The molecule has 0 saturated heterocycles. The van der Waals surface area contributed by atoms with Gasteiger partial charge in [0, 0.05) is 6.42 Å². The van der Waals surface area contributed by atoms with Crippen LogP contribution in [0, 0.1) is 0 Å². The van der Waals surface area contributed by atoms with E-state index < -0.39 is 5.97 Å². The van der Waals surface area contributed by atoms with E-state index in [-0.39, 0.29) is 41.1 Å². The number of rotatable bonds is 10. The number of carbonyl (C=O) groups excluding carboxylic acids is 2. The molecule has 0 aliphatic heterocycles. The van der Waals surface area contributed by atoms with Crippen molar-refractivity contribution in [2.75, 3.05) is 0 Å². The van der Waals surface area contributed by atoms with E-state index in [1.54, 1.807) is 0 Å². The first-order valence-electron chi connectivity index (χ1n) is 7.65. The van der Waals surface area contributed by atoms with E-state index in [0.717, 1.165) is 19.3 Å². The topological polar surface area (TPSA) is 66.4 Å². The van der Waals surface area contributed by atoms with Crippen LogP contribution in [0.1, 0.15) is 68.6 Å². The van der Waals surface area contributed by atoms with Gasteiger partial charge in [-0.25, -0.2) is 0 Å². The van der Waals surface area contributed by atoms with Crippen molar-refractivity contribution in [1.82, 2.24) is 0 Å². The molecule has 0 N–H and O–H groups in total. The van der Waals surface area contributed by atoms with Crippen molar-refractivity contribution in [1.29, 1.82) is 0 Å². The number of ether oxygens (including phenoxy) is 1. The maximum absolute atomic E-state index is 11.6. The van der Waals surface area contributed by atoms with Gasteiger partial charge in [-0.1, -0.05) is 45.4 Å². The zero-order chi connectivity index (χ0) is 15.5. The van der Waals surface area contributed by atoms with Gasteiger partial charge in [0.25, 0.3) is 0 Å². The molecule has 0 amide bonds. The quantitative estimate of drug-likeness (QED) is 0.266. The number of hydrogen-bond donors (Lipinski definition) is 0. The van der Waals surface area contributed by atoms with Crippen LogP contribution in [0.4, 0.5) is 0 Å². The molecule has 0 aliphatic carbocycles. The van der Waals surface area contributed by atoms with E-state index >= 15 is 0 Å². The zero-order valence-corrected chi connectivity index (χ0v) is 15.6. The Hall–Kier alpha value is -0.840. The molecule has 4 nitrogen and oxygen atoms in total. The Morgan fingerprint density at radius 3 is 2.05 bits per heavy atom. The summed E-state index contributed by atoms with van der Waals surface area (Å²) < 4.78 is 5.14. The number of carbonyl (C=O) groups is 2. The van der Waals surface area contributed by atoms with Gasteiger partial charge in [0.15, 0.2) is 0 Å². The molecule has 0 bridgehead atoms. The van der Waals surface area contributed by atoms with Crippen molar-refractivity contribution < 1.29 is 49.0 Å². The smallest absolute Gasteiger partial charge is 0.545 e. The van der Waals surface area contributed by atoms with Gasteiger partial charge < -0.3 is 14.6 Å². The van der Waals surface area contributed by atoms with Crippen molar-refractivity contribution >= 4 is 11.9 Å². The van der Waals surface area contributed by atoms with Crippen LogP contribution in [0.5, 0.6) is 5.75 Å². The van der Waals surface area contributed by atoms with Crippen LogP contribution < -0.4 is 39.4 Å². The van der Waals surface area contributed by atoms with Gasteiger partial charge in [0.1, 0.15) is 5.75 Å². The second kappa shape index (κ2) is 12.7. The summed E-state index contributed by atoms with van der Waals surface area (Å²) >= 11 is 0. The number of carboxylic acids is 1. The molecule has 0 aliphatic rings. The molecule has 0 unspecified atom stereocenters. The fraction of sp³-hybridized carbons (Fsp3) is 0.529. The van der Waals surface area contributed by atoms with Crippen molar-refractivity contribution in [3.05, 3.63) is 29.8 Å². The predicted octanol–water partition coefficient (Wildman–Crippen LogP) is 0.100. The van der Waals surface area contributed by atoms with Gasteiger partial charge in [-0.05, 0) is 36.2 Å². The molecular formula is C17H23NaO4. The van der Waals surface area contributed by atoms with E-state index in [4.69, 9.17) is 4.74 Å². The fourth-order valence-electron chi connectivity index (χ4n) is 2.07. The molecular weight excluding hydrogens is 291 g/mol. The van der Waals surface area contributed by atoms with Gasteiger partial charge in [-0.15, -0.1) is 0 Å². The third-order valence-electron chi connectivity index (χ3n) is 3.31. The molecule has 0 aromatic heterocycles. The van der Waals surface area contributed by atoms with E-state index in [1.165, 1.54) is 49.9 Å². The third kappa shape index (κ3) is 9.23. The molecule has 116 valence electrons. The maximum atomic E-state index is 11.6. The van der Waals surface area contributed by atoms with Crippen LogP contribution in [-0.2, 0) is 4.79 Å². The average Bonchev–Trinajstić information content (AvgIpc) is 2.47. The van der Waals surface area contributed by atoms with Crippen molar-refractivity contribution in [3.8, 4) is 5.75 Å². The van der Waals surface area contributed by atoms with Crippen LogP contribution in [0.25, 0.3) is 0 Å². The Labute approximate surface area is 154 Å².